The third-order valence-corrected chi connectivity index (χ3v) is 13.6. The number of aromatic hydroxyl groups is 1. The second kappa shape index (κ2) is 15.8. The Morgan fingerprint density at radius 3 is 2.49 bits per heavy atom. The molecule has 4 aromatic rings. The number of carbonyl (C=O) groups excluding carboxylic acids is 3. The van der Waals surface area contributed by atoms with Crippen LogP contribution in [0.1, 0.15) is 79.5 Å². The van der Waals surface area contributed by atoms with E-state index in [1.165, 1.54) is 5.56 Å². The van der Waals surface area contributed by atoms with Gasteiger partial charge in [0.25, 0.3) is 11.8 Å². The normalized spacial score (nSPS) is 24.0. The highest BCUT2D eigenvalue weighted by atomic mass is 19.2. The molecule has 320 valence electrons. The summed E-state index contributed by atoms with van der Waals surface area (Å²) in [5.41, 5.74) is 2.36. The molecule has 5 fully saturated rings. The average molecular weight is 841 g/mol. The Labute approximate surface area is 350 Å². The van der Waals surface area contributed by atoms with E-state index in [-0.39, 0.29) is 29.2 Å². The van der Waals surface area contributed by atoms with Gasteiger partial charge in [-0.2, -0.15) is 9.37 Å². The Hall–Kier alpha value is -6.04. The van der Waals surface area contributed by atoms with E-state index in [0.29, 0.717) is 42.3 Å². The molecule has 1 atom stereocenters. The van der Waals surface area contributed by atoms with Crippen molar-refractivity contribution in [1.29, 1.82) is 0 Å². The van der Waals surface area contributed by atoms with Crippen molar-refractivity contribution >= 4 is 35.0 Å². The van der Waals surface area contributed by atoms with Gasteiger partial charge in [-0.25, -0.2) is 18.7 Å². The van der Waals surface area contributed by atoms with Crippen molar-refractivity contribution in [2.75, 3.05) is 61.0 Å². The first-order valence-corrected chi connectivity index (χ1v) is 20.8. The molecule has 2 saturated heterocycles. The number of aromatic nitrogens is 4. The fourth-order valence-electron chi connectivity index (χ4n) is 9.73. The van der Waals surface area contributed by atoms with Gasteiger partial charge in [0.15, 0.2) is 23.2 Å². The van der Waals surface area contributed by atoms with Crippen LogP contribution in [0.15, 0.2) is 53.5 Å². The zero-order valence-corrected chi connectivity index (χ0v) is 33.9. The third-order valence-electron chi connectivity index (χ3n) is 13.6. The maximum atomic E-state index is 14.3. The number of benzene rings is 2. The summed E-state index contributed by atoms with van der Waals surface area (Å²) in [4.78, 5) is 59.8. The average Bonchev–Trinajstić information content (AvgIpc) is 3.88. The first-order chi connectivity index (χ1) is 29.3. The zero-order chi connectivity index (χ0) is 42.6. The number of amides is 3. The number of nitrogens with one attached hydrogen (secondary N) is 2. The highest BCUT2D eigenvalue weighted by Crippen LogP contribution is 2.57. The standard InChI is InChI=1S/C43H47F3N10O5/c1-25-53(2)32-22-26(5-6-30(32)56(25)31-7-8-33(57)50-38(31)60)4-3-17-54-18-20-55(21-19-54)41-47-16-9-29(49-41)39-51-40(52-61-39)43-13-10-42(11-14-43,12-15-43)24-48-37(59)27-23-28(44)36(58)35(46)34(27)45/h5-6,9,16,22-23,31,58H,1,3-4,7-8,10-15,17-21,24H2,2H3,(H,48,59)(H,50,57,60)/t31?,42-,43+. The van der Waals surface area contributed by atoms with Gasteiger partial charge >= 0.3 is 0 Å². The van der Waals surface area contributed by atoms with Crippen molar-refractivity contribution in [3.05, 3.63) is 83.3 Å². The molecule has 18 heteroatoms. The SMILES string of the molecule is C=C1N(C)c2cc(CCCN3CCN(c4nccc(-c5nc([C@]67CC[C@](CNC(=O)c8cc(F)c(O)c(F)c8F)(CC6)CC7)no5)n4)CC3)ccc2N1C1CCC(=O)NC1=O. The zero-order valence-electron chi connectivity index (χ0n) is 33.9. The molecule has 1 unspecified atom stereocenters. The fraction of sp³-hybridized carbons (Fsp3) is 0.465. The third kappa shape index (κ3) is 7.44. The maximum Gasteiger partial charge on any atom is 0.276 e. The number of nitrogens with zero attached hydrogens (tertiary/aromatic N) is 8. The van der Waals surface area contributed by atoms with Crippen molar-refractivity contribution in [2.45, 2.75) is 75.7 Å². The van der Waals surface area contributed by atoms with E-state index in [0.717, 1.165) is 101 Å². The lowest BCUT2D eigenvalue weighted by Crippen LogP contribution is -2.52. The predicted molar refractivity (Wildman–Crippen MR) is 217 cm³/mol. The Kier molecular flexibility index (Phi) is 10.4. The van der Waals surface area contributed by atoms with Crippen LogP contribution < -0.4 is 25.3 Å². The largest absolute Gasteiger partial charge is 0.503 e. The van der Waals surface area contributed by atoms with Crippen LogP contribution >= 0.6 is 0 Å². The minimum Gasteiger partial charge on any atom is -0.503 e. The van der Waals surface area contributed by atoms with Crippen molar-refractivity contribution in [3.8, 4) is 17.3 Å². The lowest BCUT2D eigenvalue weighted by molar-refractivity contribution is -0.134. The number of hydrogen-bond acceptors (Lipinski definition) is 13. The van der Waals surface area contributed by atoms with Gasteiger partial charge in [-0.3, -0.25) is 24.6 Å². The molecule has 3 aliphatic heterocycles. The summed E-state index contributed by atoms with van der Waals surface area (Å²) in [5, 5.41) is 18.8. The second-order valence-electron chi connectivity index (χ2n) is 17.1. The van der Waals surface area contributed by atoms with Gasteiger partial charge in [0.1, 0.15) is 17.6 Å². The summed E-state index contributed by atoms with van der Waals surface area (Å²) >= 11 is 0. The van der Waals surface area contributed by atoms with E-state index >= 15 is 0 Å². The molecule has 5 heterocycles. The van der Waals surface area contributed by atoms with Gasteiger partial charge in [-0.05, 0) is 99.6 Å². The molecule has 2 aromatic carbocycles. The molecule has 61 heavy (non-hydrogen) atoms. The van der Waals surface area contributed by atoms with Gasteiger partial charge in [0, 0.05) is 57.8 Å². The van der Waals surface area contributed by atoms with Crippen LogP contribution in [0.25, 0.3) is 11.6 Å². The lowest BCUT2D eigenvalue weighted by Gasteiger charge is -2.52. The Morgan fingerprint density at radius 2 is 1.75 bits per heavy atom. The summed E-state index contributed by atoms with van der Waals surface area (Å²) in [5.74, 6) is -5.44. The molecule has 0 spiro atoms. The first kappa shape index (κ1) is 40.4. The van der Waals surface area contributed by atoms with Crippen LogP contribution in [0.5, 0.6) is 5.75 Å². The highest BCUT2D eigenvalue weighted by Gasteiger charge is 2.52. The number of piperazine rings is 1. The van der Waals surface area contributed by atoms with Crippen molar-refractivity contribution < 1.29 is 37.2 Å². The summed E-state index contributed by atoms with van der Waals surface area (Å²) in [6.07, 6.45) is 8.86. The summed E-state index contributed by atoms with van der Waals surface area (Å²) in [7, 11) is 1.95. The fourth-order valence-corrected chi connectivity index (χ4v) is 9.73. The number of piperidine rings is 1. The highest BCUT2D eigenvalue weighted by molar-refractivity contribution is 6.03. The number of imide groups is 1. The van der Waals surface area contributed by atoms with Gasteiger partial charge in [0.05, 0.1) is 16.9 Å². The topological polar surface area (TPSA) is 173 Å². The Bertz CT molecular complexity index is 2390. The van der Waals surface area contributed by atoms with Gasteiger partial charge in [-0.1, -0.05) is 17.8 Å². The molecule has 3 amide bonds. The number of phenolic OH excluding ortho intramolecular Hbond substituents is 1. The van der Waals surface area contributed by atoms with Crippen molar-refractivity contribution in [1.82, 2.24) is 35.6 Å². The van der Waals surface area contributed by atoms with Crippen molar-refractivity contribution in [2.24, 2.45) is 5.41 Å². The van der Waals surface area contributed by atoms with E-state index in [9.17, 15) is 32.7 Å². The molecule has 10 rings (SSSR count). The summed E-state index contributed by atoms with van der Waals surface area (Å²) in [6.45, 7) is 8.67. The van der Waals surface area contributed by atoms with E-state index in [2.05, 4.69) is 55.4 Å². The van der Waals surface area contributed by atoms with Gasteiger partial charge in [0.2, 0.25) is 23.6 Å². The molecule has 3 aliphatic carbocycles. The summed E-state index contributed by atoms with van der Waals surface area (Å²) < 4.78 is 47.8. The first-order valence-electron chi connectivity index (χ1n) is 20.8. The monoisotopic (exact) mass is 840 g/mol. The smallest absolute Gasteiger partial charge is 0.276 e. The van der Waals surface area contributed by atoms with Crippen LogP contribution in [0, 0.1) is 22.9 Å². The molecule has 3 saturated carbocycles. The van der Waals surface area contributed by atoms with Gasteiger partial charge < -0.3 is 29.6 Å². The quantitative estimate of drug-likeness (QED) is 0.137. The Morgan fingerprint density at radius 1 is 1.00 bits per heavy atom. The molecule has 15 nitrogen and oxygen atoms in total. The molecular formula is C43H47F3N10O5. The van der Waals surface area contributed by atoms with E-state index in [1.54, 1.807) is 12.3 Å². The predicted octanol–water partition coefficient (Wildman–Crippen LogP) is 4.96. The van der Waals surface area contributed by atoms with Crippen LogP contribution in [-0.2, 0) is 21.4 Å². The number of fused-ring (bicyclic) bond motifs is 4. The minimum atomic E-state index is -1.79. The summed E-state index contributed by atoms with van der Waals surface area (Å²) in [6, 6.07) is 8.14. The van der Waals surface area contributed by atoms with Crippen LogP contribution in [-0.4, -0.2) is 100 Å². The van der Waals surface area contributed by atoms with Crippen LogP contribution in [0.2, 0.25) is 0 Å². The van der Waals surface area contributed by atoms with Crippen molar-refractivity contribution in [3.63, 3.8) is 0 Å². The number of phenols is 1. The number of carbonyl (C=O) groups is 3. The van der Waals surface area contributed by atoms with E-state index in [1.807, 2.05) is 16.8 Å². The second-order valence-corrected chi connectivity index (χ2v) is 17.1. The van der Waals surface area contributed by atoms with Crippen LogP contribution in [0.4, 0.5) is 30.5 Å². The van der Waals surface area contributed by atoms with E-state index < -0.39 is 40.7 Å². The molecule has 2 bridgehead atoms. The number of halogens is 3. The number of anilines is 3. The maximum absolute atomic E-state index is 14.3. The molecule has 6 aliphatic rings. The number of hydrogen-bond donors (Lipinski definition) is 3. The lowest BCUT2D eigenvalue weighted by atomic mass is 9.53. The molecule has 3 N–H and O–H groups in total. The molecule has 2 aromatic heterocycles. The number of rotatable bonds is 11. The Balaban J connectivity index is 0.755. The molecular weight excluding hydrogens is 794 g/mol. The number of aryl methyl sites for hydroxylation is 1. The molecule has 0 radical (unpaired) electrons. The van der Waals surface area contributed by atoms with Crippen LogP contribution in [0.3, 0.4) is 0 Å². The minimum absolute atomic E-state index is 0.223. The van der Waals surface area contributed by atoms with Gasteiger partial charge in [-0.15, -0.1) is 0 Å². The van der Waals surface area contributed by atoms with E-state index in [4.69, 9.17) is 14.5 Å².